The Morgan fingerprint density at radius 1 is 1.28 bits per heavy atom. The fourth-order valence-corrected chi connectivity index (χ4v) is 5.29. The molecule has 1 spiro atoms. The number of hydrogen-bond acceptors (Lipinski definition) is 3. The zero-order valence-electron chi connectivity index (χ0n) is 15.5. The van der Waals surface area contributed by atoms with Crippen LogP contribution in [0, 0.1) is 18.3 Å². The molecule has 1 aromatic rings. The Morgan fingerprint density at radius 3 is 2.60 bits per heavy atom. The number of carbonyl (C=O) groups excluding carboxylic acids is 1. The summed E-state index contributed by atoms with van der Waals surface area (Å²) in [5.41, 5.74) is 2.33. The molecule has 2 saturated carbocycles. The van der Waals surface area contributed by atoms with Crippen molar-refractivity contribution in [2.75, 3.05) is 20.2 Å². The van der Waals surface area contributed by atoms with E-state index in [4.69, 9.17) is 4.74 Å². The Labute approximate surface area is 150 Å². The second-order valence-electron chi connectivity index (χ2n) is 8.97. The fraction of sp³-hybridized carbons (Fsp3) is 0.667. The number of nitrogens with zero attached hydrogens (tertiary/aromatic N) is 1. The largest absolute Gasteiger partial charge is 0.496 e. The molecular formula is C21H29NO3. The van der Waals surface area contributed by atoms with Crippen LogP contribution in [0.3, 0.4) is 0 Å². The molecule has 25 heavy (non-hydrogen) atoms. The van der Waals surface area contributed by atoms with Crippen molar-refractivity contribution < 1.29 is 14.6 Å². The second-order valence-corrected chi connectivity index (χ2v) is 8.97. The van der Waals surface area contributed by atoms with Crippen LogP contribution in [0.2, 0.25) is 0 Å². The molecule has 3 aliphatic rings. The summed E-state index contributed by atoms with van der Waals surface area (Å²) in [6, 6.07) is 6.54. The predicted molar refractivity (Wildman–Crippen MR) is 96.7 cm³/mol. The third-order valence-corrected chi connectivity index (χ3v) is 6.68. The topological polar surface area (TPSA) is 49.8 Å². The molecular weight excluding hydrogens is 314 g/mol. The maximum atomic E-state index is 12.5. The minimum Gasteiger partial charge on any atom is -0.496 e. The van der Waals surface area contributed by atoms with E-state index in [-0.39, 0.29) is 11.8 Å². The molecule has 0 radical (unpaired) electrons. The highest BCUT2D eigenvalue weighted by molar-refractivity contribution is 5.81. The predicted octanol–water partition coefficient (Wildman–Crippen LogP) is 3.26. The van der Waals surface area contributed by atoms with E-state index in [2.05, 4.69) is 25.1 Å². The molecule has 4 nitrogen and oxygen atoms in total. The van der Waals surface area contributed by atoms with Gasteiger partial charge in [0.1, 0.15) is 5.75 Å². The van der Waals surface area contributed by atoms with Crippen molar-refractivity contribution in [1.82, 2.24) is 4.90 Å². The normalized spacial score (nSPS) is 33.0. The van der Waals surface area contributed by atoms with Gasteiger partial charge >= 0.3 is 0 Å². The van der Waals surface area contributed by atoms with E-state index in [0.29, 0.717) is 24.2 Å². The fourth-order valence-electron chi connectivity index (χ4n) is 5.29. The average molecular weight is 343 g/mol. The van der Waals surface area contributed by atoms with Crippen LogP contribution in [0.15, 0.2) is 18.2 Å². The quantitative estimate of drug-likeness (QED) is 0.916. The maximum Gasteiger partial charge on any atom is 0.225 e. The summed E-state index contributed by atoms with van der Waals surface area (Å²) in [7, 11) is 1.72. The van der Waals surface area contributed by atoms with Crippen molar-refractivity contribution in [3.8, 4) is 5.75 Å². The molecule has 1 N–H and O–H groups in total. The summed E-state index contributed by atoms with van der Waals surface area (Å²) in [5.74, 6) is 1.87. The molecule has 3 fully saturated rings. The molecule has 136 valence electrons. The highest BCUT2D eigenvalue weighted by Gasteiger charge is 2.53. The van der Waals surface area contributed by atoms with Crippen LogP contribution in [0.4, 0.5) is 0 Å². The maximum absolute atomic E-state index is 12.5. The van der Waals surface area contributed by atoms with Crippen molar-refractivity contribution in [2.45, 2.75) is 57.5 Å². The number of likely N-dealkylation sites (tertiary alicyclic amines) is 1. The van der Waals surface area contributed by atoms with E-state index in [1.807, 2.05) is 11.8 Å². The first-order valence-corrected chi connectivity index (χ1v) is 9.47. The Bertz CT molecular complexity index is 682. The third-order valence-electron chi connectivity index (χ3n) is 6.68. The van der Waals surface area contributed by atoms with Gasteiger partial charge in [-0.05, 0) is 69.1 Å². The van der Waals surface area contributed by atoms with Gasteiger partial charge in [0.2, 0.25) is 5.91 Å². The Kier molecular flexibility index (Phi) is 3.87. The molecule has 1 saturated heterocycles. The highest BCUT2D eigenvalue weighted by atomic mass is 16.5. The van der Waals surface area contributed by atoms with Crippen molar-refractivity contribution in [1.29, 1.82) is 0 Å². The average Bonchev–Trinajstić information content (AvgIpc) is 2.96. The summed E-state index contributed by atoms with van der Waals surface area (Å²) in [5, 5.41) is 9.85. The van der Waals surface area contributed by atoms with Crippen LogP contribution in [-0.4, -0.2) is 41.7 Å². The van der Waals surface area contributed by atoms with Gasteiger partial charge in [-0.3, -0.25) is 4.79 Å². The summed E-state index contributed by atoms with van der Waals surface area (Å²) >= 11 is 0. The number of amides is 1. The molecule has 0 unspecified atom stereocenters. The Balaban J connectivity index is 1.34. The van der Waals surface area contributed by atoms with Gasteiger partial charge in [0, 0.05) is 24.4 Å². The lowest BCUT2D eigenvalue weighted by Gasteiger charge is -2.52. The van der Waals surface area contributed by atoms with E-state index in [1.54, 1.807) is 7.11 Å². The Morgan fingerprint density at radius 2 is 2.00 bits per heavy atom. The van der Waals surface area contributed by atoms with E-state index < -0.39 is 5.60 Å². The monoisotopic (exact) mass is 343 g/mol. The number of aryl methyl sites for hydroxylation is 1. The lowest BCUT2D eigenvalue weighted by Crippen LogP contribution is -2.61. The highest BCUT2D eigenvalue weighted by Crippen LogP contribution is 2.53. The number of carbonyl (C=O) groups is 1. The summed E-state index contributed by atoms with van der Waals surface area (Å²) in [6.45, 7) is 5.75. The molecule has 2 aliphatic carbocycles. The summed E-state index contributed by atoms with van der Waals surface area (Å²) in [6.07, 6.45) is 4.87. The van der Waals surface area contributed by atoms with Crippen molar-refractivity contribution in [2.24, 2.45) is 11.3 Å². The lowest BCUT2D eigenvalue weighted by atomic mass is 9.69. The number of rotatable bonds is 3. The SMILES string of the molecule is COc1ccc([C@@H]2CCC3(C2)CN(C(=O)C2CC(C)(O)C2)C3)cc1C. The standard InChI is InChI=1S/C21H29NO3/c1-14-8-15(4-5-18(14)25-3)16-6-7-21(11-16)12-22(13-21)19(23)17-9-20(2,24)10-17/h4-5,8,16-17,24H,6-7,9-13H2,1-3H3/t16-,17?,20?/m1/s1. The first kappa shape index (κ1) is 16.9. The first-order valence-electron chi connectivity index (χ1n) is 9.47. The van der Waals surface area contributed by atoms with E-state index in [1.165, 1.54) is 30.4 Å². The molecule has 1 heterocycles. The van der Waals surface area contributed by atoms with Gasteiger partial charge in [-0.15, -0.1) is 0 Å². The van der Waals surface area contributed by atoms with Crippen molar-refractivity contribution in [3.05, 3.63) is 29.3 Å². The molecule has 4 heteroatoms. The van der Waals surface area contributed by atoms with Crippen LogP contribution in [0.1, 0.15) is 56.1 Å². The van der Waals surface area contributed by atoms with E-state index in [9.17, 15) is 9.90 Å². The number of methoxy groups -OCH3 is 1. The molecule has 1 aliphatic heterocycles. The first-order chi connectivity index (χ1) is 11.8. The smallest absolute Gasteiger partial charge is 0.225 e. The molecule has 0 bridgehead atoms. The number of benzene rings is 1. The lowest BCUT2D eigenvalue weighted by molar-refractivity contribution is -0.161. The number of ether oxygens (including phenoxy) is 1. The van der Waals surface area contributed by atoms with Gasteiger partial charge in [-0.2, -0.15) is 0 Å². The molecule has 1 atom stereocenters. The van der Waals surface area contributed by atoms with Gasteiger partial charge < -0.3 is 14.7 Å². The third kappa shape index (κ3) is 2.95. The summed E-state index contributed by atoms with van der Waals surface area (Å²) < 4.78 is 5.37. The van der Waals surface area contributed by atoms with Gasteiger partial charge in [-0.1, -0.05) is 12.1 Å². The second kappa shape index (κ2) is 5.73. The zero-order chi connectivity index (χ0) is 17.8. The molecule has 4 rings (SSSR count). The molecule has 1 aromatic carbocycles. The van der Waals surface area contributed by atoms with E-state index >= 15 is 0 Å². The molecule has 0 aromatic heterocycles. The van der Waals surface area contributed by atoms with Gasteiger partial charge in [0.05, 0.1) is 12.7 Å². The van der Waals surface area contributed by atoms with Crippen LogP contribution in [0.25, 0.3) is 0 Å². The zero-order valence-corrected chi connectivity index (χ0v) is 15.5. The van der Waals surface area contributed by atoms with Crippen molar-refractivity contribution >= 4 is 5.91 Å². The minimum atomic E-state index is -0.617. The number of aliphatic hydroxyl groups is 1. The van der Waals surface area contributed by atoms with Crippen LogP contribution < -0.4 is 4.74 Å². The minimum absolute atomic E-state index is 0.0498. The molecule has 1 amide bonds. The van der Waals surface area contributed by atoms with E-state index in [0.717, 1.165) is 18.8 Å². The Hall–Kier alpha value is -1.55. The van der Waals surface area contributed by atoms with Gasteiger partial charge in [-0.25, -0.2) is 0 Å². The number of hydrogen-bond donors (Lipinski definition) is 1. The van der Waals surface area contributed by atoms with Crippen molar-refractivity contribution in [3.63, 3.8) is 0 Å². The van der Waals surface area contributed by atoms with Crippen LogP contribution in [0.5, 0.6) is 5.75 Å². The summed E-state index contributed by atoms with van der Waals surface area (Å²) in [4.78, 5) is 14.5. The van der Waals surface area contributed by atoms with Crippen LogP contribution >= 0.6 is 0 Å². The van der Waals surface area contributed by atoms with Crippen LogP contribution in [-0.2, 0) is 4.79 Å². The van der Waals surface area contributed by atoms with Gasteiger partial charge in [0.25, 0.3) is 0 Å². The van der Waals surface area contributed by atoms with Gasteiger partial charge in [0.15, 0.2) is 0 Å².